The average molecular weight is 438 g/mol. The number of carbonyl (C=O) groups is 3. The Hall–Kier alpha value is -2.55. The zero-order valence-electron chi connectivity index (χ0n) is 13.0. The van der Waals surface area contributed by atoms with Crippen molar-refractivity contribution < 1.29 is 72.5 Å². The Bertz CT molecular complexity index is 567. The lowest BCUT2D eigenvalue weighted by Crippen LogP contribution is -2.47. The summed E-state index contributed by atoms with van der Waals surface area (Å²) in [6.45, 7) is -0.607. The van der Waals surface area contributed by atoms with Gasteiger partial charge in [0.25, 0.3) is 0 Å². The summed E-state index contributed by atoms with van der Waals surface area (Å²) >= 11 is 0. The van der Waals surface area contributed by atoms with E-state index in [0.717, 1.165) is 0 Å². The molecular formula is C12H8F10O6. The second-order valence-corrected chi connectivity index (χ2v) is 4.60. The predicted molar refractivity (Wildman–Crippen MR) is 64.0 cm³/mol. The fourth-order valence-corrected chi connectivity index (χ4v) is 1.08. The van der Waals surface area contributed by atoms with Crippen LogP contribution in [-0.4, -0.2) is 61.4 Å². The number of carbonyl (C=O) groups excluding carboxylic acids is 3. The van der Waals surface area contributed by atoms with Gasteiger partial charge in [-0.2, -0.15) is 43.9 Å². The summed E-state index contributed by atoms with van der Waals surface area (Å²) in [6.07, 6.45) is -14.7. The molecule has 0 saturated heterocycles. The highest BCUT2D eigenvalue weighted by atomic mass is 19.4. The Morgan fingerprint density at radius 1 is 0.750 bits per heavy atom. The Morgan fingerprint density at radius 3 is 1.32 bits per heavy atom. The van der Waals surface area contributed by atoms with Crippen molar-refractivity contribution in [2.24, 2.45) is 0 Å². The number of halogens is 10. The van der Waals surface area contributed by atoms with Crippen molar-refractivity contribution in [2.45, 2.75) is 30.3 Å². The summed E-state index contributed by atoms with van der Waals surface area (Å²) in [5.41, 5.74) is 0. The van der Waals surface area contributed by atoms with Gasteiger partial charge in [-0.25, -0.2) is 14.4 Å². The minimum Gasteiger partial charge on any atom is -0.457 e. The van der Waals surface area contributed by atoms with Crippen LogP contribution in [0.15, 0.2) is 12.7 Å². The number of hydrogen-bond acceptors (Lipinski definition) is 6. The molecule has 0 amide bonds. The lowest BCUT2D eigenvalue weighted by atomic mass is 10.3. The minimum atomic E-state index is -6.38. The van der Waals surface area contributed by atoms with Gasteiger partial charge in [0.1, 0.15) is 13.2 Å². The largest absolute Gasteiger partial charge is 0.465 e. The molecule has 0 aliphatic heterocycles. The van der Waals surface area contributed by atoms with E-state index in [9.17, 15) is 58.3 Å². The standard InChI is InChI=1S/C12H8F10O6/c1-2-6(23)28-5(3-26-7(24)9(13,14)11(17,18)19)4-27-8(25)10(15,16)12(20,21)22/h2,5H,1,3-4H2. The maximum atomic E-state index is 12.7. The van der Waals surface area contributed by atoms with Crippen molar-refractivity contribution >= 4 is 17.9 Å². The summed E-state index contributed by atoms with van der Waals surface area (Å²) < 4.78 is 134. The molecule has 0 fully saturated rings. The molecule has 0 aromatic rings. The molecule has 0 aromatic heterocycles. The van der Waals surface area contributed by atoms with E-state index in [4.69, 9.17) is 0 Å². The van der Waals surface area contributed by atoms with Gasteiger partial charge in [-0.1, -0.05) is 6.58 Å². The molecule has 0 unspecified atom stereocenters. The maximum absolute atomic E-state index is 12.7. The molecule has 0 aliphatic rings. The zero-order chi connectivity index (χ0) is 22.6. The second kappa shape index (κ2) is 8.64. The molecule has 28 heavy (non-hydrogen) atoms. The molecule has 0 saturated carbocycles. The average Bonchev–Trinajstić information content (AvgIpc) is 2.53. The Balaban J connectivity index is 5.13. The first-order chi connectivity index (χ1) is 12.4. The van der Waals surface area contributed by atoms with E-state index in [1.807, 2.05) is 0 Å². The highest BCUT2D eigenvalue weighted by molar-refractivity contribution is 5.81. The zero-order valence-corrected chi connectivity index (χ0v) is 13.0. The molecule has 0 heterocycles. The van der Waals surface area contributed by atoms with Crippen LogP contribution in [0.5, 0.6) is 0 Å². The molecule has 0 atom stereocenters. The van der Waals surface area contributed by atoms with Crippen molar-refractivity contribution in [1.29, 1.82) is 0 Å². The van der Waals surface area contributed by atoms with Crippen molar-refractivity contribution in [2.75, 3.05) is 13.2 Å². The lowest BCUT2D eigenvalue weighted by molar-refractivity contribution is -0.282. The quantitative estimate of drug-likeness (QED) is 0.251. The molecule has 0 aliphatic carbocycles. The predicted octanol–water partition coefficient (Wildman–Crippen LogP) is 2.57. The summed E-state index contributed by atoms with van der Waals surface area (Å²) in [5, 5.41) is 0. The molecule has 0 rings (SSSR count). The van der Waals surface area contributed by atoms with E-state index >= 15 is 0 Å². The normalized spacial score (nSPS) is 13.1. The van der Waals surface area contributed by atoms with E-state index in [1.54, 1.807) is 0 Å². The minimum absolute atomic E-state index is 0.352. The van der Waals surface area contributed by atoms with Gasteiger partial charge in [-0.05, 0) is 0 Å². The molecule has 0 aromatic carbocycles. The van der Waals surface area contributed by atoms with E-state index in [0.29, 0.717) is 6.08 Å². The van der Waals surface area contributed by atoms with Gasteiger partial charge in [0.2, 0.25) is 0 Å². The first kappa shape index (κ1) is 25.4. The van der Waals surface area contributed by atoms with Gasteiger partial charge in [-0.15, -0.1) is 0 Å². The van der Waals surface area contributed by atoms with Crippen LogP contribution < -0.4 is 0 Å². The lowest BCUT2D eigenvalue weighted by Gasteiger charge is -2.22. The van der Waals surface area contributed by atoms with E-state index < -0.39 is 61.4 Å². The topological polar surface area (TPSA) is 78.9 Å². The highest BCUT2D eigenvalue weighted by Gasteiger charge is 2.66. The summed E-state index contributed by atoms with van der Waals surface area (Å²) in [4.78, 5) is 32.5. The fraction of sp³-hybridized carbons (Fsp3) is 0.583. The molecule has 0 bridgehead atoms. The Labute approximate surface area is 148 Å². The van der Waals surface area contributed by atoms with Crippen LogP contribution in [0.1, 0.15) is 0 Å². The Morgan fingerprint density at radius 2 is 1.07 bits per heavy atom. The second-order valence-electron chi connectivity index (χ2n) is 4.60. The summed E-state index contributed by atoms with van der Waals surface area (Å²) in [5.74, 6) is -19.9. The van der Waals surface area contributed by atoms with Gasteiger partial charge in [-0.3, -0.25) is 0 Å². The van der Waals surface area contributed by atoms with E-state index in [1.165, 1.54) is 0 Å². The maximum Gasteiger partial charge on any atom is 0.465 e. The number of alkyl halides is 10. The number of hydrogen-bond donors (Lipinski definition) is 0. The van der Waals surface area contributed by atoms with Crippen LogP contribution in [0, 0.1) is 0 Å². The van der Waals surface area contributed by atoms with Crippen molar-refractivity contribution in [3.63, 3.8) is 0 Å². The molecule has 6 nitrogen and oxygen atoms in total. The van der Waals surface area contributed by atoms with Crippen molar-refractivity contribution in [3.05, 3.63) is 12.7 Å². The smallest absolute Gasteiger partial charge is 0.457 e. The summed E-state index contributed by atoms with van der Waals surface area (Å²) in [6, 6.07) is 0. The fourth-order valence-electron chi connectivity index (χ4n) is 1.08. The van der Waals surface area contributed by atoms with Gasteiger partial charge in [0.05, 0.1) is 0 Å². The first-order valence-electron chi connectivity index (χ1n) is 6.44. The highest BCUT2D eigenvalue weighted by Crippen LogP contribution is 2.37. The van der Waals surface area contributed by atoms with Crippen LogP contribution in [0.4, 0.5) is 43.9 Å². The molecule has 0 spiro atoms. The van der Waals surface area contributed by atoms with Crippen LogP contribution in [0.25, 0.3) is 0 Å². The van der Waals surface area contributed by atoms with E-state index in [2.05, 4.69) is 20.8 Å². The monoisotopic (exact) mass is 438 g/mol. The van der Waals surface area contributed by atoms with Crippen LogP contribution in [-0.2, 0) is 28.6 Å². The van der Waals surface area contributed by atoms with Crippen molar-refractivity contribution in [1.82, 2.24) is 0 Å². The van der Waals surface area contributed by atoms with Crippen LogP contribution in [0.2, 0.25) is 0 Å². The molecular weight excluding hydrogens is 430 g/mol. The van der Waals surface area contributed by atoms with Crippen LogP contribution in [0.3, 0.4) is 0 Å². The third kappa shape index (κ3) is 6.26. The number of ether oxygens (including phenoxy) is 3. The Kier molecular flexibility index (Phi) is 7.85. The summed E-state index contributed by atoms with van der Waals surface area (Å²) in [7, 11) is 0. The SMILES string of the molecule is C=CC(=O)OC(COC(=O)C(F)(F)C(F)(F)F)COC(=O)C(F)(F)C(F)(F)F. The molecule has 16 heteroatoms. The third-order valence-corrected chi connectivity index (χ3v) is 2.47. The molecule has 0 N–H and O–H groups in total. The third-order valence-electron chi connectivity index (χ3n) is 2.47. The van der Waals surface area contributed by atoms with Gasteiger partial charge >= 0.3 is 42.1 Å². The van der Waals surface area contributed by atoms with Gasteiger partial charge < -0.3 is 14.2 Å². The molecule has 162 valence electrons. The first-order valence-corrected chi connectivity index (χ1v) is 6.44. The van der Waals surface area contributed by atoms with Gasteiger partial charge in [0, 0.05) is 6.08 Å². The van der Waals surface area contributed by atoms with Crippen molar-refractivity contribution in [3.8, 4) is 0 Å². The van der Waals surface area contributed by atoms with Gasteiger partial charge in [0.15, 0.2) is 6.10 Å². The number of esters is 3. The number of rotatable bonds is 8. The molecule has 0 radical (unpaired) electrons. The van der Waals surface area contributed by atoms with E-state index in [-0.39, 0.29) is 0 Å². The van der Waals surface area contributed by atoms with Crippen LogP contribution >= 0.6 is 0 Å².